The van der Waals surface area contributed by atoms with Crippen molar-refractivity contribution >= 4 is 27.3 Å². The Labute approximate surface area is 187 Å². The Morgan fingerprint density at radius 1 is 1.00 bits per heavy atom. The number of rotatable bonds is 8. The van der Waals surface area contributed by atoms with Crippen LogP contribution in [0.3, 0.4) is 0 Å². The molecular formula is C24H24N2O5S. The smallest absolute Gasteiger partial charge is 0.261 e. The van der Waals surface area contributed by atoms with E-state index in [1.54, 1.807) is 35.2 Å². The van der Waals surface area contributed by atoms with Crippen LogP contribution in [-0.4, -0.2) is 28.0 Å². The molecule has 0 spiro atoms. The van der Waals surface area contributed by atoms with Crippen LogP contribution in [0.5, 0.6) is 11.5 Å². The van der Waals surface area contributed by atoms with Gasteiger partial charge in [-0.3, -0.25) is 9.52 Å². The summed E-state index contributed by atoms with van der Waals surface area (Å²) in [5.41, 5.74) is 1.92. The molecule has 1 heterocycles. The summed E-state index contributed by atoms with van der Waals surface area (Å²) in [5, 5.41) is 0. The fourth-order valence-electron chi connectivity index (χ4n) is 3.52. The number of nitrogens with one attached hydrogen (secondary N) is 1. The molecule has 166 valence electrons. The number of methoxy groups -OCH3 is 1. The van der Waals surface area contributed by atoms with E-state index in [0.29, 0.717) is 42.4 Å². The topological polar surface area (TPSA) is 84.9 Å². The second-order valence-electron chi connectivity index (χ2n) is 7.39. The third kappa shape index (κ3) is 4.86. The number of amides is 1. The van der Waals surface area contributed by atoms with Crippen LogP contribution in [-0.2, 0) is 21.4 Å². The molecule has 4 rings (SSSR count). The molecule has 0 radical (unpaired) electrons. The summed E-state index contributed by atoms with van der Waals surface area (Å²) >= 11 is 0. The number of ether oxygens (including phenoxy) is 2. The molecule has 1 amide bonds. The van der Waals surface area contributed by atoms with Gasteiger partial charge in [0.2, 0.25) is 5.91 Å². The Bertz CT molecular complexity index is 1190. The fourth-order valence-corrected chi connectivity index (χ4v) is 4.60. The van der Waals surface area contributed by atoms with Crippen molar-refractivity contribution < 1.29 is 22.7 Å². The highest BCUT2D eigenvalue weighted by Crippen LogP contribution is 2.34. The third-order valence-corrected chi connectivity index (χ3v) is 6.56. The van der Waals surface area contributed by atoms with Crippen LogP contribution in [0.15, 0.2) is 77.7 Å². The van der Waals surface area contributed by atoms with Crippen LogP contribution in [0.2, 0.25) is 0 Å². The van der Waals surface area contributed by atoms with Gasteiger partial charge in [0.05, 0.1) is 17.7 Å². The van der Waals surface area contributed by atoms with Crippen molar-refractivity contribution in [2.45, 2.75) is 24.3 Å². The Morgan fingerprint density at radius 2 is 1.75 bits per heavy atom. The standard InChI is InChI=1S/C24H24N2O5S/c1-30-23-14-13-21(16-22(23)26-15-5-8-24(26)27)32(28,29)25-19-9-11-20(12-10-19)31-17-18-6-3-2-4-7-18/h2-4,6-7,9-14,16,25H,5,8,15,17H2,1H3. The maximum Gasteiger partial charge on any atom is 0.261 e. The average Bonchev–Trinajstić information content (AvgIpc) is 3.24. The van der Waals surface area contributed by atoms with Crippen LogP contribution in [0.1, 0.15) is 18.4 Å². The van der Waals surface area contributed by atoms with E-state index in [0.717, 1.165) is 12.0 Å². The molecule has 0 saturated carbocycles. The van der Waals surface area contributed by atoms with Gasteiger partial charge in [-0.25, -0.2) is 8.42 Å². The Balaban J connectivity index is 1.48. The Morgan fingerprint density at radius 3 is 2.41 bits per heavy atom. The summed E-state index contributed by atoms with van der Waals surface area (Å²) in [5.74, 6) is 1.05. The summed E-state index contributed by atoms with van der Waals surface area (Å²) < 4.78 is 39.6. The lowest BCUT2D eigenvalue weighted by Gasteiger charge is -2.20. The molecule has 1 N–H and O–H groups in total. The van der Waals surface area contributed by atoms with Crippen molar-refractivity contribution in [2.24, 2.45) is 0 Å². The fraction of sp³-hybridized carbons (Fsp3) is 0.208. The van der Waals surface area contributed by atoms with E-state index in [2.05, 4.69) is 4.72 Å². The van der Waals surface area contributed by atoms with Crippen LogP contribution in [0, 0.1) is 0 Å². The first kappa shape index (κ1) is 21.7. The molecule has 1 saturated heterocycles. The Kier molecular flexibility index (Phi) is 6.32. The van der Waals surface area contributed by atoms with Crippen LogP contribution >= 0.6 is 0 Å². The summed E-state index contributed by atoms with van der Waals surface area (Å²) in [4.78, 5) is 13.8. The number of carbonyl (C=O) groups excluding carboxylic acids is 1. The van der Waals surface area contributed by atoms with Gasteiger partial charge in [-0.15, -0.1) is 0 Å². The number of sulfonamides is 1. The van der Waals surface area contributed by atoms with Gasteiger partial charge in [0.25, 0.3) is 10.0 Å². The van der Waals surface area contributed by atoms with Gasteiger partial charge in [0, 0.05) is 18.7 Å². The second-order valence-corrected chi connectivity index (χ2v) is 9.07. The molecular weight excluding hydrogens is 428 g/mol. The highest BCUT2D eigenvalue weighted by molar-refractivity contribution is 7.92. The van der Waals surface area contributed by atoms with Gasteiger partial charge in [0.1, 0.15) is 18.1 Å². The molecule has 0 atom stereocenters. The number of carbonyl (C=O) groups is 1. The molecule has 8 heteroatoms. The maximum atomic E-state index is 13.0. The summed E-state index contributed by atoms with van der Waals surface area (Å²) in [6.07, 6.45) is 1.17. The third-order valence-electron chi connectivity index (χ3n) is 5.18. The lowest BCUT2D eigenvalue weighted by Crippen LogP contribution is -2.24. The van der Waals surface area contributed by atoms with E-state index < -0.39 is 10.0 Å². The number of hydrogen-bond donors (Lipinski definition) is 1. The predicted molar refractivity (Wildman–Crippen MR) is 123 cm³/mol. The minimum atomic E-state index is -3.86. The van der Waals surface area contributed by atoms with Crippen molar-refractivity contribution in [3.63, 3.8) is 0 Å². The van der Waals surface area contributed by atoms with Crippen molar-refractivity contribution in [3.8, 4) is 11.5 Å². The number of benzene rings is 3. The SMILES string of the molecule is COc1ccc(S(=O)(=O)Nc2ccc(OCc3ccccc3)cc2)cc1N1CCCC1=O. The van der Waals surface area contributed by atoms with Crippen molar-refractivity contribution in [1.82, 2.24) is 0 Å². The van der Waals surface area contributed by atoms with Crippen molar-refractivity contribution in [2.75, 3.05) is 23.3 Å². The first-order valence-corrected chi connectivity index (χ1v) is 11.7. The normalized spacial score (nSPS) is 13.8. The van der Waals surface area contributed by atoms with E-state index in [-0.39, 0.29) is 10.8 Å². The summed E-state index contributed by atoms with van der Waals surface area (Å²) in [7, 11) is -2.37. The van der Waals surface area contributed by atoms with E-state index in [1.165, 1.54) is 19.2 Å². The number of nitrogens with zero attached hydrogens (tertiary/aromatic N) is 1. The van der Waals surface area contributed by atoms with E-state index in [1.807, 2.05) is 30.3 Å². The highest BCUT2D eigenvalue weighted by atomic mass is 32.2. The average molecular weight is 453 g/mol. The minimum Gasteiger partial charge on any atom is -0.495 e. The van der Waals surface area contributed by atoms with Crippen LogP contribution in [0.4, 0.5) is 11.4 Å². The number of anilines is 2. The molecule has 1 aliphatic rings. The molecule has 1 aliphatic heterocycles. The zero-order valence-electron chi connectivity index (χ0n) is 17.7. The van der Waals surface area contributed by atoms with E-state index in [4.69, 9.17) is 9.47 Å². The maximum absolute atomic E-state index is 13.0. The summed E-state index contributed by atoms with van der Waals surface area (Å²) in [6, 6.07) is 21.0. The number of hydrogen-bond acceptors (Lipinski definition) is 5. The quantitative estimate of drug-likeness (QED) is 0.554. The molecule has 7 nitrogen and oxygen atoms in total. The molecule has 0 unspecified atom stereocenters. The largest absolute Gasteiger partial charge is 0.495 e. The van der Waals surface area contributed by atoms with Gasteiger partial charge in [-0.1, -0.05) is 30.3 Å². The monoisotopic (exact) mass is 452 g/mol. The first-order valence-electron chi connectivity index (χ1n) is 10.2. The molecule has 3 aromatic rings. The molecule has 1 fully saturated rings. The zero-order valence-corrected chi connectivity index (χ0v) is 18.5. The van der Waals surface area contributed by atoms with E-state index in [9.17, 15) is 13.2 Å². The van der Waals surface area contributed by atoms with Crippen molar-refractivity contribution in [1.29, 1.82) is 0 Å². The molecule has 32 heavy (non-hydrogen) atoms. The lowest BCUT2D eigenvalue weighted by molar-refractivity contribution is -0.117. The Hall–Kier alpha value is -3.52. The second kappa shape index (κ2) is 9.32. The van der Waals surface area contributed by atoms with Gasteiger partial charge >= 0.3 is 0 Å². The molecule has 3 aromatic carbocycles. The van der Waals surface area contributed by atoms with Gasteiger partial charge in [0.15, 0.2) is 0 Å². The highest BCUT2D eigenvalue weighted by Gasteiger charge is 2.26. The minimum absolute atomic E-state index is 0.0445. The van der Waals surface area contributed by atoms with Crippen molar-refractivity contribution in [3.05, 3.63) is 78.4 Å². The zero-order chi connectivity index (χ0) is 22.6. The first-order chi connectivity index (χ1) is 15.5. The van der Waals surface area contributed by atoms with Gasteiger partial charge in [-0.2, -0.15) is 0 Å². The molecule has 0 bridgehead atoms. The molecule has 0 aliphatic carbocycles. The van der Waals surface area contributed by atoms with Gasteiger partial charge < -0.3 is 14.4 Å². The van der Waals surface area contributed by atoms with Crippen LogP contribution < -0.4 is 19.1 Å². The van der Waals surface area contributed by atoms with E-state index >= 15 is 0 Å². The summed E-state index contributed by atoms with van der Waals surface area (Å²) in [6.45, 7) is 0.965. The van der Waals surface area contributed by atoms with Gasteiger partial charge in [-0.05, 0) is 54.4 Å². The molecule has 0 aromatic heterocycles. The lowest BCUT2D eigenvalue weighted by atomic mass is 10.2. The van der Waals surface area contributed by atoms with Crippen LogP contribution in [0.25, 0.3) is 0 Å². The predicted octanol–water partition coefficient (Wildman–Crippen LogP) is 4.20.